The van der Waals surface area contributed by atoms with Crippen molar-refractivity contribution in [2.75, 3.05) is 0 Å². The van der Waals surface area contributed by atoms with Gasteiger partial charge in [-0.25, -0.2) is 29.9 Å². The molecule has 10 aromatic rings. The van der Waals surface area contributed by atoms with Gasteiger partial charge in [-0.1, -0.05) is 126 Å². The highest BCUT2D eigenvalue weighted by Crippen LogP contribution is 2.47. The Morgan fingerprint density at radius 2 is 0.710 bits per heavy atom. The summed E-state index contributed by atoms with van der Waals surface area (Å²) in [6, 6.07) is 44.2. The van der Waals surface area contributed by atoms with Crippen molar-refractivity contribution in [3.05, 3.63) is 157 Å². The van der Waals surface area contributed by atoms with Crippen molar-refractivity contribution >= 4 is 43.4 Å². The van der Waals surface area contributed by atoms with E-state index in [4.69, 9.17) is 19.9 Å². The van der Waals surface area contributed by atoms with Crippen molar-refractivity contribution in [2.45, 2.75) is 52.4 Å². The van der Waals surface area contributed by atoms with E-state index in [0.717, 1.165) is 54.5 Å². The van der Waals surface area contributed by atoms with Crippen LogP contribution in [0.1, 0.15) is 52.7 Å². The molecule has 2 N–H and O–H groups in total. The van der Waals surface area contributed by atoms with Crippen LogP contribution in [0.15, 0.2) is 146 Å². The minimum absolute atomic E-state index is 0.0810. The van der Waals surface area contributed by atoms with Crippen LogP contribution in [-0.2, 0) is 10.8 Å². The zero-order valence-electron chi connectivity index (χ0n) is 35.4. The predicted octanol–water partition coefficient (Wildman–Crippen LogP) is 13.0. The van der Waals surface area contributed by atoms with Gasteiger partial charge >= 0.3 is 0 Å². The van der Waals surface area contributed by atoms with Crippen molar-refractivity contribution in [1.82, 2.24) is 29.9 Å². The maximum Gasteiger partial charge on any atom is 0.134 e. The molecule has 0 atom stereocenters. The molecule has 8 nitrogen and oxygen atoms in total. The monoisotopic (exact) mass is 808 g/mol. The van der Waals surface area contributed by atoms with E-state index >= 15 is 0 Å². The summed E-state index contributed by atoms with van der Waals surface area (Å²) < 4.78 is 0. The van der Waals surface area contributed by atoms with Crippen molar-refractivity contribution in [3.8, 4) is 67.9 Å². The number of benzene rings is 6. The van der Waals surface area contributed by atoms with Gasteiger partial charge in [0, 0.05) is 43.8 Å². The van der Waals surface area contributed by atoms with Gasteiger partial charge in [0.05, 0.1) is 45.2 Å². The Labute approximate surface area is 359 Å². The maximum atomic E-state index is 12.5. The van der Waals surface area contributed by atoms with Crippen LogP contribution in [-0.4, -0.2) is 40.1 Å². The van der Waals surface area contributed by atoms with E-state index in [9.17, 15) is 10.2 Å². The Morgan fingerprint density at radius 1 is 0.371 bits per heavy atom. The number of para-hydroxylation sites is 2. The minimum Gasteiger partial charge on any atom is -0.507 e. The predicted molar refractivity (Wildman–Crippen MR) is 251 cm³/mol. The number of pyridine rings is 2. The second-order valence-electron chi connectivity index (χ2n) is 18.0. The summed E-state index contributed by atoms with van der Waals surface area (Å²) in [6.07, 6.45) is 3.09. The summed E-state index contributed by atoms with van der Waals surface area (Å²) in [4.78, 5) is 29.3. The molecule has 0 bridgehead atoms. The van der Waals surface area contributed by atoms with Gasteiger partial charge in [-0.15, -0.1) is 0 Å². The molecule has 302 valence electrons. The average Bonchev–Trinajstić information content (AvgIpc) is 3.27. The number of aromatic nitrogens is 6. The van der Waals surface area contributed by atoms with E-state index in [2.05, 4.69) is 75.8 Å². The van der Waals surface area contributed by atoms with Crippen molar-refractivity contribution < 1.29 is 10.2 Å². The van der Waals surface area contributed by atoms with Crippen LogP contribution in [0.2, 0.25) is 0 Å². The Bertz CT molecular complexity index is 3180. The third-order valence-corrected chi connectivity index (χ3v) is 11.8. The van der Waals surface area contributed by atoms with Crippen molar-refractivity contribution in [2.24, 2.45) is 0 Å². The molecule has 4 aromatic heterocycles. The van der Waals surface area contributed by atoms with Gasteiger partial charge in [-0.2, -0.15) is 0 Å². The molecule has 0 fully saturated rings. The zero-order chi connectivity index (χ0) is 42.9. The molecule has 0 radical (unpaired) electrons. The SMILES string of the molecule is CC(C)(C)c1cc(-c2nc(-c3cc4ccccc4c(-c4cc(C(C)(C)C)cc(-c5ncnc6ccccc56)c4O)n3)cc3ccccc23)c(O)c(-c2ncnc3ccccc23)c1. The number of rotatable bonds is 5. The number of phenolic OH excluding ortho intramolecular Hbond substituents is 2. The molecule has 8 heteroatoms. The van der Waals surface area contributed by atoms with Gasteiger partial charge in [0.2, 0.25) is 0 Å². The molecular weight excluding hydrogens is 765 g/mol. The lowest BCUT2D eigenvalue weighted by Crippen LogP contribution is -2.12. The van der Waals surface area contributed by atoms with Crippen molar-refractivity contribution in [3.63, 3.8) is 0 Å². The van der Waals surface area contributed by atoms with E-state index in [0.29, 0.717) is 56.4 Å². The van der Waals surface area contributed by atoms with Gasteiger partial charge in [0.25, 0.3) is 0 Å². The molecule has 0 unspecified atom stereocenters. The van der Waals surface area contributed by atoms with Gasteiger partial charge in [-0.05, 0) is 81.3 Å². The Balaban J connectivity index is 1.23. The first kappa shape index (κ1) is 38.6. The summed E-state index contributed by atoms with van der Waals surface area (Å²) in [5.41, 5.74) is 9.23. The summed E-state index contributed by atoms with van der Waals surface area (Å²) in [6.45, 7) is 13.0. The molecular formula is C54H44N6O2. The number of nitrogens with zero attached hydrogens (tertiary/aromatic N) is 6. The Hall–Kier alpha value is -7.58. The fourth-order valence-corrected chi connectivity index (χ4v) is 8.37. The van der Waals surface area contributed by atoms with Crippen LogP contribution in [0, 0.1) is 0 Å². The second kappa shape index (κ2) is 14.6. The molecule has 0 aliphatic carbocycles. The van der Waals surface area contributed by atoms with Crippen LogP contribution in [0.25, 0.3) is 99.8 Å². The molecule has 0 spiro atoms. The van der Waals surface area contributed by atoms with Gasteiger partial charge in [-0.3, -0.25) is 0 Å². The molecule has 0 amide bonds. The summed E-state index contributed by atoms with van der Waals surface area (Å²) in [5, 5.41) is 30.2. The number of hydrogen-bond acceptors (Lipinski definition) is 8. The fraction of sp³-hybridized carbons (Fsp3) is 0.148. The normalized spacial score (nSPS) is 12.2. The van der Waals surface area contributed by atoms with Crippen molar-refractivity contribution in [1.29, 1.82) is 0 Å². The maximum absolute atomic E-state index is 12.5. The number of aromatic hydroxyl groups is 2. The molecule has 0 aliphatic heterocycles. The van der Waals surface area contributed by atoms with Crippen LogP contribution in [0.4, 0.5) is 0 Å². The minimum atomic E-state index is -0.275. The molecule has 0 saturated heterocycles. The highest BCUT2D eigenvalue weighted by atomic mass is 16.3. The second-order valence-corrected chi connectivity index (χ2v) is 18.0. The molecule has 0 saturated carbocycles. The first-order valence-electron chi connectivity index (χ1n) is 20.8. The highest BCUT2D eigenvalue weighted by molar-refractivity contribution is 6.04. The Morgan fingerprint density at radius 3 is 1.10 bits per heavy atom. The third-order valence-electron chi connectivity index (χ3n) is 11.8. The topological polar surface area (TPSA) is 118 Å². The first-order chi connectivity index (χ1) is 29.8. The van der Waals surface area contributed by atoms with Crippen LogP contribution < -0.4 is 0 Å². The molecule has 0 aliphatic rings. The molecule has 6 aromatic carbocycles. The number of fused-ring (bicyclic) bond motifs is 4. The quantitative estimate of drug-likeness (QED) is 0.176. The van der Waals surface area contributed by atoms with Crippen LogP contribution in [0.5, 0.6) is 11.5 Å². The van der Waals surface area contributed by atoms with E-state index < -0.39 is 0 Å². The van der Waals surface area contributed by atoms with Crippen LogP contribution in [0.3, 0.4) is 0 Å². The lowest BCUT2D eigenvalue weighted by atomic mass is 9.83. The smallest absolute Gasteiger partial charge is 0.134 e. The summed E-state index contributed by atoms with van der Waals surface area (Å²) in [7, 11) is 0. The molecule has 62 heavy (non-hydrogen) atoms. The zero-order valence-corrected chi connectivity index (χ0v) is 35.4. The van der Waals surface area contributed by atoms with Gasteiger partial charge in [0.15, 0.2) is 0 Å². The van der Waals surface area contributed by atoms with Crippen LogP contribution >= 0.6 is 0 Å². The Kier molecular flexibility index (Phi) is 9.07. The third kappa shape index (κ3) is 6.65. The lowest BCUT2D eigenvalue weighted by Gasteiger charge is -2.23. The number of phenols is 2. The van der Waals surface area contributed by atoms with E-state index in [1.54, 1.807) is 12.7 Å². The molecule has 4 heterocycles. The lowest BCUT2D eigenvalue weighted by molar-refractivity contribution is 0.477. The average molecular weight is 809 g/mol. The standard InChI is InChI=1S/C54H44N6O2/c1-53(2,3)33-25-39(47-37-19-11-13-21-43(37)55-29-57-47)51(61)41(27-33)49-35-17-9-7-15-31(35)23-45(59-49)46-24-32-16-8-10-18-36(32)50(60-46)42-28-34(54(4,5)6)26-40(52(42)62)48-38-20-12-14-22-44(38)56-30-58-48/h7-30,61-62H,1-6H3. The van der Waals surface area contributed by atoms with E-state index in [1.165, 1.54) is 0 Å². The summed E-state index contributed by atoms with van der Waals surface area (Å²) >= 11 is 0. The highest BCUT2D eigenvalue weighted by Gasteiger charge is 2.27. The van der Waals surface area contributed by atoms with E-state index in [1.807, 2.05) is 109 Å². The summed E-state index contributed by atoms with van der Waals surface area (Å²) in [5.74, 6) is 0.162. The first-order valence-corrected chi connectivity index (χ1v) is 20.8. The number of hydrogen-bond donors (Lipinski definition) is 2. The van der Waals surface area contributed by atoms with Gasteiger partial charge < -0.3 is 10.2 Å². The van der Waals surface area contributed by atoms with E-state index in [-0.39, 0.29) is 22.3 Å². The largest absolute Gasteiger partial charge is 0.507 e. The fourth-order valence-electron chi connectivity index (χ4n) is 8.37. The molecule has 10 rings (SSSR count). The van der Waals surface area contributed by atoms with Gasteiger partial charge in [0.1, 0.15) is 24.2 Å².